The van der Waals surface area contributed by atoms with Crippen LogP contribution >= 0.6 is 11.8 Å². The number of carbonyl (C=O) groups is 1. The van der Waals surface area contributed by atoms with Gasteiger partial charge in [-0.1, -0.05) is 43.3 Å². The molecule has 2 unspecified atom stereocenters. The monoisotopic (exact) mass is 352 g/mol. The van der Waals surface area contributed by atoms with Gasteiger partial charge in [-0.3, -0.25) is 4.79 Å². The Morgan fingerprint density at radius 2 is 1.91 bits per heavy atom. The molecule has 2 aliphatic rings. The van der Waals surface area contributed by atoms with Crippen molar-refractivity contribution in [1.82, 2.24) is 0 Å². The van der Waals surface area contributed by atoms with E-state index in [9.17, 15) is 13.2 Å². The number of anilines is 1. The molecule has 1 amide bonds. The molecule has 5 nitrogen and oxygen atoms in total. The molecule has 0 bridgehead atoms. The van der Waals surface area contributed by atoms with Crippen LogP contribution in [0.4, 0.5) is 5.69 Å². The first kappa shape index (κ1) is 16.5. The minimum atomic E-state index is -3.03. The summed E-state index contributed by atoms with van der Waals surface area (Å²) in [6, 6.07) is 7.74. The summed E-state index contributed by atoms with van der Waals surface area (Å²) in [4.78, 5) is 18.2. The summed E-state index contributed by atoms with van der Waals surface area (Å²) >= 11 is 1.41. The average molecular weight is 352 g/mol. The maximum absolute atomic E-state index is 12.0. The number of carbonyl (C=O) groups excluding carboxylic acids is 1. The molecule has 0 saturated carbocycles. The second kappa shape index (κ2) is 5.94. The number of hydrogen-bond donors (Lipinski definition) is 0. The van der Waals surface area contributed by atoms with Crippen molar-refractivity contribution in [3.8, 4) is 0 Å². The van der Waals surface area contributed by atoms with Gasteiger partial charge in [0.2, 0.25) is 0 Å². The summed E-state index contributed by atoms with van der Waals surface area (Å²) in [6.07, 6.45) is 0. The predicted octanol–water partition coefficient (Wildman–Crippen LogP) is 2.25. The van der Waals surface area contributed by atoms with E-state index < -0.39 is 9.84 Å². The number of amides is 1. The molecule has 0 N–H and O–H groups in total. The van der Waals surface area contributed by atoms with Gasteiger partial charge in [0.05, 0.1) is 17.5 Å². The number of sulfone groups is 1. The number of hydrogen-bond acceptors (Lipinski definition) is 4. The van der Waals surface area contributed by atoms with Crippen LogP contribution < -0.4 is 4.90 Å². The maximum Gasteiger partial charge on any atom is 0.250 e. The second-order valence-electron chi connectivity index (χ2n) is 6.39. The molecule has 124 valence electrons. The molecule has 2 aliphatic heterocycles. The highest BCUT2D eigenvalue weighted by Gasteiger charge is 2.49. The molecule has 3 rings (SSSR count). The lowest BCUT2D eigenvalue weighted by molar-refractivity contribution is -0.120. The zero-order valence-corrected chi connectivity index (χ0v) is 15.0. The summed E-state index contributed by atoms with van der Waals surface area (Å²) in [5.41, 5.74) is 2.02. The molecule has 0 radical (unpaired) electrons. The summed E-state index contributed by atoms with van der Waals surface area (Å²) in [5.74, 6) is -0.0768. The molecular weight excluding hydrogens is 332 g/mol. The first-order chi connectivity index (χ1) is 10.8. The van der Waals surface area contributed by atoms with Crippen LogP contribution in [0.3, 0.4) is 0 Å². The van der Waals surface area contributed by atoms with Crippen molar-refractivity contribution in [2.45, 2.75) is 32.1 Å². The van der Waals surface area contributed by atoms with Crippen LogP contribution in [0.5, 0.6) is 0 Å². The molecule has 2 fully saturated rings. The average Bonchev–Trinajstić information content (AvgIpc) is 2.91. The van der Waals surface area contributed by atoms with Crippen molar-refractivity contribution < 1.29 is 13.2 Å². The van der Waals surface area contributed by atoms with Gasteiger partial charge in [0, 0.05) is 16.9 Å². The number of nitrogens with zero attached hydrogens (tertiary/aromatic N) is 2. The SMILES string of the molecule is Cc1ccc(N2C(=NC(=O)C(C)C)SC3CS(=O)(=O)CC32)cc1. The Bertz CT molecular complexity index is 754. The molecule has 2 saturated heterocycles. The van der Waals surface area contributed by atoms with Gasteiger partial charge >= 0.3 is 0 Å². The van der Waals surface area contributed by atoms with Gasteiger partial charge < -0.3 is 4.90 Å². The van der Waals surface area contributed by atoms with Gasteiger partial charge in [-0.15, -0.1) is 0 Å². The summed E-state index contributed by atoms with van der Waals surface area (Å²) in [5, 5.41) is 0.567. The van der Waals surface area contributed by atoms with Gasteiger partial charge in [-0.2, -0.15) is 4.99 Å². The van der Waals surface area contributed by atoms with E-state index in [-0.39, 0.29) is 34.6 Å². The van der Waals surface area contributed by atoms with Crippen molar-refractivity contribution in [3.05, 3.63) is 29.8 Å². The van der Waals surface area contributed by atoms with Crippen molar-refractivity contribution in [1.29, 1.82) is 0 Å². The topological polar surface area (TPSA) is 66.8 Å². The first-order valence-electron chi connectivity index (χ1n) is 7.62. The van der Waals surface area contributed by atoms with Crippen LogP contribution in [0.25, 0.3) is 0 Å². The first-order valence-corrected chi connectivity index (χ1v) is 10.3. The third-order valence-corrected chi connectivity index (χ3v) is 7.29. The molecule has 2 heterocycles. The lowest BCUT2D eigenvalue weighted by Gasteiger charge is -2.24. The number of thioether (sulfide) groups is 1. The van der Waals surface area contributed by atoms with E-state index in [1.807, 2.05) is 49.9 Å². The van der Waals surface area contributed by atoms with Crippen molar-refractivity contribution in [2.75, 3.05) is 16.4 Å². The number of fused-ring (bicyclic) bond motifs is 1. The molecule has 23 heavy (non-hydrogen) atoms. The molecular formula is C16H20N2O3S2. The highest BCUT2D eigenvalue weighted by Crippen LogP contribution is 2.41. The second-order valence-corrected chi connectivity index (χ2v) is 9.75. The molecule has 0 spiro atoms. The van der Waals surface area contributed by atoms with Gasteiger partial charge in [0.25, 0.3) is 5.91 Å². The van der Waals surface area contributed by atoms with Gasteiger partial charge in [-0.05, 0) is 19.1 Å². The van der Waals surface area contributed by atoms with Crippen molar-refractivity contribution in [2.24, 2.45) is 10.9 Å². The lowest BCUT2D eigenvalue weighted by atomic mass is 10.1. The third kappa shape index (κ3) is 3.30. The summed E-state index contributed by atoms with van der Waals surface area (Å²) < 4.78 is 23.9. The van der Waals surface area contributed by atoms with Gasteiger partial charge in [-0.25, -0.2) is 8.42 Å². The number of amidine groups is 1. The molecule has 0 aliphatic carbocycles. The zero-order chi connectivity index (χ0) is 16.8. The minimum absolute atomic E-state index is 0.0555. The van der Waals surface area contributed by atoms with Gasteiger partial charge in [0.15, 0.2) is 15.0 Å². The Kier molecular flexibility index (Phi) is 4.27. The Morgan fingerprint density at radius 3 is 2.52 bits per heavy atom. The number of rotatable bonds is 2. The molecule has 7 heteroatoms. The number of aliphatic imine (C=N–C) groups is 1. The fourth-order valence-electron chi connectivity index (χ4n) is 2.80. The molecule has 1 aromatic rings. The van der Waals surface area contributed by atoms with E-state index in [2.05, 4.69) is 4.99 Å². The number of aryl methyl sites for hydroxylation is 1. The third-order valence-electron chi connectivity index (χ3n) is 4.08. The fraction of sp³-hybridized carbons (Fsp3) is 0.500. The summed E-state index contributed by atoms with van der Waals surface area (Å²) in [7, 11) is -3.03. The Hall–Kier alpha value is -1.34. The highest BCUT2D eigenvalue weighted by atomic mass is 32.2. The Morgan fingerprint density at radius 1 is 1.26 bits per heavy atom. The largest absolute Gasteiger partial charge is 0.316 e. The standard InChI is InChI=1S/C16H20N2O3S2/c1-10(2)15(19)17-16-18(12-6-4-11(3)5-7-12)13-8-23(20,21)9-14(13)22-16/h4-7,10,13-14H,8-9H2,1-3H3. The van der Waals surface area contributed by atoms with Gasteiger partial charge in [0.1, 0.15) is 0 Å². The van der Waals surface area contributed by atoms with Crippen LogP contribution in [-0.4, -0.2) is 42.3 Å². The smallest absolute Gasteiger partial charge is 0.250 e. The molecule has 1 aromatic carbocycles. The van der Waals surface area contributed by atoms with Crippen LogP contribution in [0.1, 0.15) is 19.4 Å². The molecule has 0 aromatic heterocycles. The quantitative estimate of drug-likeness (QED) is 0.817. The Balaban J connectivity index is 2.00. The predicted molar refractivity (Wildman–Crippen MR) is 94.8 cm³/mol. The van der Waals surface area contributed by atoms with E-state index in [1.54, 1.807) is 0 Å². The highest BCUT2D eigenvalue weighted by molar-refractivity contribution is 8.16. The van der Waals surface area contributed by atoms with E-state index in [4.69, 9.17) is 0 Å². The van der Waals surface area contributed by atoms with Crippen molar-refractivity contribution in [3.63, 3.8) is 0 Å². The fourth-order valence-corrected chi connectivity index (χ4v) is 6.71. The van der Waals surface area contributed by atoms with Crippen molar-refractivity contribution >= 4 is 38.4 Å². The number of benzene rings is 1. The van der Waals surface area contributed by atoms with Crippen LogP contribution in [0.2, 0.25) is 0 Å². The lowest BCUT2D eigenvalue weighted by Crippen LogP contribution is -2.37. The van der Waals surface area contributed by atoms with E-state index in [0.717, 1.165) is 11.3 Å². The van der Waals surface area contributed by atoms with E-state index >= 15 is 0 Å². The van der Waals surface area contributed by atoms with Crippen LogP contribution in [-0.2, 0) is 14.6 Å². The van der Waals surface area contributed by atoms with Crippen LogP contribution in [0, 0.1) is 12.8 Å². The molecule has 2 atom stereocenters. The zero-order valence-electron chi connectivity index (χ0n) is 13.4. The Labute approximate surface area is 141 Å². The minimum Gasteiger partial charge on any atom is -0.316 e. The normalized spacial score (nSPS) is 27.7. The van der Waals surface area contributed by atoms with Crippen LogP contribution in [0.15, 0.2) is 29.3 Å². The summed E-state index contributed by atoms with van der Waals surface area (Å²) in [6.45, 7) is 5.63. The maximum atomic E-state index is 12.0. The van der Waals surface area contributed by atoms with E-state index in [1.165, 1.54) is 11.8 Å². The van der Waals surface area contributed by atoms with E-state index in [0.29, 0.717) is 5.17 Å².